The molecular formula is C24H32N4O. The molecule has 3 heterocycles. The number of anilines is 1. The third-order valence-electron chi connectivity index (χ3n) is 6.25. The zero-order valence-corrected chi connectivity index (χ0v) is 17.4. The number of carbonyl (C=O) groups excluding carboxylic acids is 1. The SMILES string of the molecule is CCN(CC[C@@H]1CCN1)c1cncc(-c2cccc(CCN3CCCC3=O)c2)c1. The first-order valence-corrected chi connectivity index (χ1v) is 11.0. The van der Waals surface area contributed by atoms with Gasteiger partial charge in [0, 0.05) is 50.4 Å². The molecule has 2 saturated heterocycles. The maximum atomic E-state index is 11.8. The second-order valence-corrected chi connectivity index (χ2v) is 8.17. The fraction of sp³-hybridized carbons (Fsp3) is 0.500. The summed E-state index contributed by atoms with van der Waals surface area (Å²) < 4.78 is 0. The van der Waals surface area contributed by atoms with Crippen molar-refractivity contribution < 1.29 is 4.79 Å². The van der Waals surface area contributed by atoms with E-state index < -0.39 is 0 Å². The van der Waals surface area contributed by atoms with Crippen LogP contribution in [0.2, 0.25) is 0 Å². The van der Waals surface area contributed by atoms with Gasteiger partial charge in [-0.3, -0.25) is 9.78 Å². The third kappa shape index (κ3) is 4.96. The molecule has 2 aliphatic rings. The van der Waals surface area contributed by atoms with Gasteiger partial charge in [-0.1, -0.05) is 24.3 Å². The minimum Gasteiger partial charge on any atom is -0.370 e. The number of hydrogen-bond acceptors (Lipinski definition) is 4. The average molecular weight is 393 g/mol. The van der Waals surface area contributed by atoms with E-state index in [4.69, 9.17) is 0 Å². The normalized spacial score (nSPS) is 18.7. The maximum Gasteiger partial charge on any atom is 0.222 e. The molecule has 2 aliphatic heterocycles. The second kappa shape index (κ2) is 9.40. The Labute approximate surface area is 174 Å². The van der Waals surface area contributed by atoms with Gasteiger partial charge < -0.3 is 15.1 Å². The van der Waals surface area contributed by atoms with E-state index in [0.717, 1.165) is 51.1 Å². The van der Waals surface area contributed by atoms with E-state index in [0.29, 0.717) is 18.4 Å². The summed E-state index contributed by atoms with van der Waals surface area (Å²) >= 11 is 0. The number of hydrogen-bond donors (Lipinski definition) is 1. The minimum atomic E-state index is 0.301. The molecule has 1 N–H and O–H groups in total. The Balaban J connectivity index is 1.43. The number of amides is 1. The van der Waals surface area contributed by atoms with E-state index in [1.165, 1.54) is 29.7 Å². The first kappa shape index (κ1) is 19.9. The van der Waals surface area contributed by atoms with Crippen molar-refractivity contribution in [2.45, 2.75) is 45.1 Å². The molecule has 4 rings (SSSR count). The highest BCUT2D eigenvalue weighted by atomic mass is 16.2. The number of rotatable bonds is 9. The molecule has 2 fully saturated rings. The van der Waals surface area contributed by atoms with Crippen LogP contribution in [0.25, 0.3) is 11.1 Å². The molecule has 2 aromatic rings. The molecule has 0 aliphatic carbocycles. The van der Waals surface area contributed by atoms with Crippen molar-refractivity contribution in [1.29, 1.82) is 0 Å². The van der Waals surface area contributed by atoms with Crippen molar-refractivity contribution in [3.63, 3.8) is 0 Å². The minimum absolute atomic E-state index is 0.301. The molecule has 1 aromatic heterocycles. The lowest BCUT2D eigenvalue weighted by molar-refractivity contribution is -0.127. The topological polar surface area (TPSA) is 48.5 Å². The Bertz CT molecular complexity index is 833. The summed E-state index contributed by atoms with van der Waals surface area (Å²) in [6.07, 6.45) is 9.03. The van der Waals surface area contributed by atoms with Crippen LogP contribution in [0.15, 0.2) is 42.7 Å². The lowest BCUT2D eigenvalue weighted by atomic mass is 10.0. The molecule has 5 nitrogen and oxygen atoms in total. The number of pyridine rings is 1. The fourth-order valence-electron chi connectivity index (χ4n) is 4.25. The Morgan fingerprint density at radius 2 is 2.14 bits per heavy atom. The zero-order valence-electron chi connectivity index (χ0n) is 17.4. The summed E-state index contributed by atoms with van der Waals surface area (Å²) in [6.45, 7) is 7.15. The highest BCUT2D eigenvalue weighted by Gasteiger charge is 2.19. The Morgan fingerprint density at radius 1 is 1.24 bits per heavy atom. The molecule has 0 bridgehead atoms. The second-order valence-electron chi connectivity index (χ2n) is 8.17. The molecule has 0 unspecified atom stereocenters. The highest BCUT2D eigenvalue weighted by Crippen LogP contribution is 2.25. The van der Waals surface area contributed by atoms with Crippen LogP contribution >= 0.6 is 0 Å². The van der Waals surface area contributed by atoms with Crippen molar-refractivity contribution in [3.8, 4) is 11.1 Å². The largest absolute Gasteiger partial charge is 0.370 e. The summed E-state index contributed by atoms with van der Waals surface area (Å²) in [7, 11) is 0. The van der Waals surface area contributed by atoms with Crippen molar-refractivity contribution in [2.24, 2.45) is 0 Å². The van der Waals surface area contributed by atoms with Gasteiger partial charge in [-0.15, -0.1) is 0 Å². The molecule has 0 spiro atoms. The maximum absolute atomic E-state index is 11.8. The van der Waals surface area contributed by atoms with E-state index in [1.54, 1.807) is 0 Å². The predicted molar refractivity (Wildman–Crippen MR) is 118 cm³/mol. The van der Waals surface area contributed by atoms with Crippen molar-refractivity contribution in [2.75, 3.05) is 37.6 Å². The van der Waals surface area contributed by atoms with Crippen molar-refractivity contribution >= 4 is 11.6 Å². The lowest BCUT2D eigenvalue weighted by Gasteiger charge is -2.31. The van der Waals surface area contributed by atoms with Crippen LogP contribution in [0.4, 0.5) is 5.69 Å². The summed E-state index contributed by atoms with van der Waals surface area (Å²) in [5.74, 6) is 0.301. The number of aromatic nitrogens is 1. The number of carbonyl (C=O) groups is 1. The van der Waals surface area contributed by atoms with Gasteiger partial charge in [0.05, 0.1) is 11.9 Å². The predicted octanol–water partition coefficient (Wildman–Crippen LogP) is 3.49. The molecule has 1 atom stereocenters. The third-order valence-corrected chi connectivity index (χ3v) is 6.25. The number of nitrogens with one attached hydrogen (secondary N) is 1. The highest BCUT2D eigenvalue weighted by molar-refractivity contribution is 5.78. The van der Waals surface area contributed by atoms with Crippen LogP contribution in [-0.4, -0.2) is 54.6 Å². The Hall–Kier alpha value is -2.40. The summed E-state index contributed by atoms with van der Waals surface area (Å²) in [4.78, 5) is 20.8. The number of nitrogens with zero attached hydrogens (tertiary/aromatic N) is 3. The van der Waals surface area contributed by atoms with Gasteiger partial charge in [-0.05, 0) is 56.3 Å². The quantitative estimate of drug-likeness (QED) is 0.710. The van der Waals surface area contributed by atoms with Gasteiger partial charge in [-0.2, -0.15) is 0 Å². The molecule has 154 valence electrons. The summed E-state index contributed by atoms with van der Waals surface area (Å²) in [5.41, 5.74) is 4.82. The van der Waals surface area contributed by atoms with Crippen LogP contribution in [0, 0.1) is 0 Å². The van der Waals surface area contributed by atoms with Gasteiger partial charge in [0.15, 0.2) is 0 Å². The monoisotopic (exact) mass is 392 g/mol. The molecule has 29 heavy (non-hydrogen) atoms. The smallest absolute Gasteiger partial charge is 0.222 e. The standard InChI is InChI=1S/C24H32N4O/c1-2-27(14-10-22-8-11-26-22)23-16-21(17-25-18-23)20-6-3-5-19(15-20)9-13-28-12-4-7-24(28)29/h3,5-6,15-18,22,26H,2,4,7-14H2,1H3/t22-/m0/s1. The Morgan fingerprint density at radius 3 is 2.86 bits per heavy atom. The molecular weight excluding hydrogens is 360 g/mol. The van der Waals surface area contributed by atoms with E-state index >= 15 is 0 Å². The van der Waals surface area contributed by atoms with E-state index in [1.807, 2.05) is 17.3 Å². The molecule has 1 aromatic carbocycles. The van der Waals surface area contributed by atoms with E-state index in [2.05, 4.69) is 52.5 Å². The zero-order chi connectivity index (χ0) is 20.1. The van der Waals surface area contributed by atoms with Gasteiger partial charge in [0.1, 0.15) is 0 Å². The van der Waals surface area contributed by atoms with Gasteiger partial charge >= 0.3 is 0 Å². The first-order valence-electron chi connectivity index (χ1n) is 11.0. The number of benzene rings is 1. The van der Waals surface area contributed by atoms with Gasteiger partial charge in [-0.25, -0.2) is 0 Å². The van der Waals surface area contributed by atoms with Crippen LogP contribution in [0.3, 0.4) is 0 Å². The van der Waals surface area contributed by atoms with Crippen LogP contribution in [0.5, 0.6) is 0 Å². The van der Waals surface area contributed by atoms with E-state index in [-0.39, 0.29) is 0 Å². The van der Waals surface area contributed by atoms with E-state index in [9.17, 15) is 4.79 Å². The van der Waals surface area contributed by atoms with Gasteiger partial charge in [0.25, 0.3) is 0 Å². The lowest BCUT2D eigenvalue weighted by Crippen LogP contribution is -2.44. The van der Waals surface area contributed by atoms with Crippen LogP contribution < -0.4 is 10.2 Å². The van der Waals surface area contributed by atoms with Crippen molar-refractivity contribution in [3.05, 3.63) is 48.3 Å². The summed E-state index contributed by atoms with van der Waals surface area (Å²) in [5, 5.41) is 3.49. The van der Waals surface area contributed by atoms with Crippen molar-refractivity contribution in [1.82, 2.24) is 15.2 Å². The average Bonchev–Trinajstić information content (AvgIpc) is 3.13. The first-order chi connectivity index (χ1) is 14.2. The molecule has 0 radical (unpaired) electrons. The molecule has 5 heteroatoms. The number of likely N-dealkylation sites (tertiary alicyclic amines) is 1. The van der Waals surface area contributed by atoms with Crippen LogP contribution in [0.1, 0.15) is 38.2 Å². The molecule has 1 amide bonds. The van der Waals surface area contributed by atoms with Crippen LogP contribution in [-0.2, 0) is 11.2 Å². The van der Waals surface area contributed by atoms with Gasteiger partial charge in [0.2, 0.25) is 5.91 Å². The Kier molecular flexibility index (Phi) is 6.45. The summed E-state index contributed by atoms with van der Waals surface area (Å²) in [6, 6.07) is 11.6. The molecule has 0 saturated carbocycles. The fourth-order valence-corrected chi connectivity index (χ4v) is 4.25.